The molecule has 0 aromatic heterocycles. The van der Waals surface area contributed by atoms with Crippen molar-refractivity contribution in [1.82, 2.24) is 0 Å². The Morgan fingerprint density at radius 3 is 2.73 bits per heavy atom. The fourth-order valence-electron chi connectivity index (χ4n) is 1.05. The minimum Gasteiger partial charge on any atom is -0.286 e. The first-order valence-corrected chi connectivity index (χ1v) is 3.95. The van der Waals surface area contributed by atoms with E-state index in [9.17, 15) is 4.39 Å². The summed E-state index contributed by atoms with van der Waals surface area (Å²) in [5.74, 6) is -0.139. The van der Waals surface area contributed by atoms with Gasteiger partial charge in [-0.3, -0.25) is 4.99 Å². The Kier molecular flexibility index (Phi) is 1.60. The van der Waals surface area contributed by atoms with Crippen LogP contribution in [-0.4, -0.2) is 11.8 Å². The van der Waals surface area contributed by atoms with Gasteiger partial charge in [-0.25, -0.2) is 4.39 Å². The number of hydrogen-bond acceptors (Lipinski definition) is 1. The number of rotatable bonds is 1. The van der Waals surface area contributed by atoms with Crippen LogP contribution in [0.1, 0.15) is 19.3 Å². The summed E-state index contributed by atoms with van der Waals surface area (Å²) in [5, 5.41) is 0. The highest BCUT2D eigenvalue weighted by atomic mass is 19.1. The third kappa shape index (κ3) is 1.76. The maximum atomic E-state index is 12.4. The lowest BCUT2D eigenvalue weighted by Gasteiger charge is -2.01. The van der Waals surface area contributed by atoms with Crippen molar-refractivity contribution >= 4 is 5.71 Å². The van der Waals surface area contributed by atoms with Gasteiger partial charge in [0.15, 0.2) is 0 Å². The van der Waals surface area contributed by atoms with Gasteiger partial charge in [-0.05, 0) is 31.1 Å². The third-order valence-corrected chi connectivity index (χ3v) is 1.84. The van der Waals surface area contributed by atoms with E-state index in [0.717, 1.165) is 5.71 Å². The van der Waals surface area contributed by atoms with Gasteiger partial charge < -0.3 is 0 Å². The Balaban J connectivity index is 2.03. The zero-order valence-corrected chi connectivity index (χ0v) is 6.26. The lowest BCUT2D eigenvalue weighted by molar-refractivity contribution is 0.662. The Morgan fingerprint density at radius 2 is 2.18 bits per heavy atom. The van der Waals surface area contributed by atoms with Gasteiger partial charge in [-0.2, -0.15) is 0 Å². The van der Waals surface area contributed by atoms with Crippen molar-refractivity contribution in [3.63, 3.8) is 0 Å². The highest BCUT2D eigenvalue weighted by Gasteiger charge is 2.20. The Morgan fingerprint density at radius 1 is 1.36 bits per heavy atom. The lowest BCUT2D eigenvalue weighted by Crippen LogP contribution is -1.97. The largest absolute Gasteiger partial charge is 0.286 e. The quantitative estimate of drug-likeness (QED) is 0.545. The molecule has 0 aromatic rings. The van der Waals surface area contributed by atoms with E-state index in [0.29, 0.717) is 12.5 Å². The van der Waals surface area contributed by atoms with Crippen LogP contribution in [0.2, 0.25) is 0 Å². The van der Waals surface area contributed by atoms with Crippen LogP contribution < -0.4 is 0 Å². The maximum Gasteiger partial charge on any atom is 0.119 e. The summed E-state index contributed by atoms with van der Waals surface area (Å²) in [6.07, 6.45) is 7.91. The molecule has 1 fully saturated rings. The molecule has 0 N–H and O–H groups in total. The SMILES string of the molecule is FC1=CCC(=NC2CC2)C=C1. The molecule has 1 saturated carbocycles. The number of allylic oxidation sites excluding steroid dienone is 4. The fraction of sp³-hybridized carbons (Fsp3) is 0.444. The predicted molar refractivity (Wildman–Crippen MR) is 43.4 cm³/mol. The molecule has 0 heterocycles. The summed E-state index contributed by atoms with van der Waals surface area (Å²) >= 11 is 0. The topological polar surface area (TPSA) is 12.4 Å². The van der Waals surface area contributed by atoms with E-state index in [1.165, 1.54) is 18.9 Å². The molecule has 1 nitrogen and oxygen atoms in total. The average molecular weight is 151 g/mol. The van der Waals surface area contributed by atoms with Crippen molar-refractivity contribution in [1.29, 1.82) is 0 Å². The molecule has 0 atom stereocenters. The molecule has 0 aliphatic heterocycles. The van der Waals surface area contributed by atoms with Crippen molar-refractivity contribution < 1.29 is 4.39 Å². The van der Waals surface area contributed by atoms with Gasteiger partial charge in [0.25, 0.3) is 0 Å². The van der Waals surface area contributed by atoms with E-state index in [1.54, 1.807) is 12.2 Å². The van der Waals surface area contributed by atoms with Crippen LogP contribution in [0.25, 0.3) is 0 Å². The van der Waals surface area contributed by atoms with E-state index < -0.39 is 0 Å². The number of aliphatic imine (C=N–C) groups is 1. The number of halogens is 1. The second-order valence-corrected chi connectivity index (χ2v) is 2.98. The van der Waals surface area contributed by atoms with Crippen molar-refractivity contribution in [3.05, 3.63) is 24.1 Å². The fourth-order valence-corrected chi connectivity index (χ4v) is 1.05. The molecular weight excluding hydrogens is 141 g/mol. The third-order valence-electron chi connectivity index (χ3n) is 1.84. The van der Waals surface area contributed by atoms with Crippen LogP contribution in [0, 0.1) is 0 Å². The molecule has 11 heavy (non-hydrogen) atoms. The molecule has 2 aliphatic carbocycles. The van der Waals surface area contributed by atoms with Gasteiger partial charge in [-0.1, -0.05) is 0 Å². The minimum atomic E-state index is -0.139. The van der Waals surface area contributed by atoms with Crippen LogP contribution >= 0.6 is 0 Å². The van der Waals surface area contributed by atoms with Crippen LogP contribution in [0.3, 0.4) is 0 Å². The molecule has 0 aromatic carbocycles. The predicted octanol–water partition coefficient (Wildman–Crippen LogP) is 2.40. The van der Waals surface area contributed by atoms with Crippen LogP contribution in [-0.2, 0) is 0 Å². The van der Waals surface area contributed by atoms with Gasteiger partial charge in [0.1, 0.15) is 5.83 Å². The van der Waals surface area contributed by atoms with Gasteiger partial charge in [0, 0.05) is 12.1 Å². The second-order valence-electron chi connectivity index (χ2n) is 2.98. The van der Waals surface area contributed by atoms with Gasteiger partial charge >= 0.3 is 0 Å². The van der Waals surface area contributed by atoms with E-state index in [-0.39, 0.29) is 5.83 Å². The van der Waals surface area contributed by atoms with Gasteiger partial charge in [0.05, 0.1) is 6.04 Å². The maximum absolute atomic E-state index is 12.4. The average Bonchev–Trinajstić information content (AvgIpc) is 2.78. The molecule has 0 saturated heterocycles. The molecule has 58 valence electrons. The molecule has 2 heteroatoms. The zero-order valence-electron chi connectivity index (χ0n) is 6.26. The van der Waals surface area contributed by atoms with Crippen molar-refractivity contribution in [2.24, 2.45) is 4.99 Å². The second kappa shape index (κ2) is 2.61. The molecule has 0 bridgehead atoms. The van der Waals surface area contributed by atoms with Crippen LogP contribution in [0.5, 0.6) is 0 Å². The molecule has 2 rings (SSSR count). The van der Waals surface area contributed by atoms with E-state index in [4.69, 9.17) is 0 Å². The van der Waals surface area contributed by atoms with E-state index in [1.807, 2.05) is 0 Å². The summed E-state index contributed by atoms with van der Waals surface area (Å²) in [7, 11) is 0. The first-order valence-electron chi connectivity index (χ1n) is 3.95. The number of nitrogens with zero attached hydrogens (tertiary/aromatic N) is 1. The zero-order chi connectivity index (χ0) is 7.68. The summed E-state index contributed by atoms with van der Waals surface area (Å²) < 4.78 is 12.4. The molecule has 0 spiro atoms. The summed E-state index contributed by atoms with van der Waals surface area (Å²) in [4.78, 5) is 4.40. The Labute approximate surface area is 65.3 Å². The normalized spacial score (nSPS) is 27.4. The molecule has 0 amide bonds. The van der Waals surface area contributed by atoms with Crippen molar-refractivity contribution in [2.45, 2.75) is 25.3 Å². The first-order chi connectivity index (χ1) is 5.34. The van der Waals surface area contributed by atoms with Crippen LogP contribution in [0.4, 0.5) is 4.39 Å². The van der Waals surface area contributed by atoms with Gasteiger partial charge in [0.2, 0.25) is 0 Å². The smallest absolute Gasteiger partial charge is 0.119 e. The monoisotopic (exact) mass is 151 g/mol. The summed E-state index contributed by atoms with van der Waals surface area (Å²) in [5.41, 5.74) is 1.02. The Hall–Kier alpha value is -0.920. The minimum absolute atomic E-state index is 0.139. The molecular formula is C9H10FN. The first kappa shape index (κ1) is 6.77. The van der Waals surface area contributed by atoms with Gasteiger partial charge in [-0.15, -0.1) is 0 Å². The summed E-state index contributed by atoms with van der Waals surface area (Å²) in [6.45, 7) is 0. The van der Waals surface area contributed by atoms with E-state index in [2.05, 4.69) is 4.99 Å². The summed E-state index contributed by atoms with van der Waals surface area (Å²) in [6, 6.07) is 0.546. The van der Waals surface area contributed by atoms with Crippen molar-refractivity contribution in [3.8, 4) is 0 Å². The standard InChI is InChI=1S/C9H10FN/c10-7-1-3-8(4-2-7)11-9-5-6-9/h1-3,9H,4-6H2. The Bertz CT molecular complexity index is 246. The molecule has 2 aliphatic rings. The molecule has 0 radical (unpaired) electrons. The van der Waals surface area contributed by atoms with Crippen LogP contribution in [0.15, 0.2) is 29.0 Å². The highest BCUT2D eigenvalue weighted by Crippen LogP contribution is 2.24. The lowest BCUT2D eigenvalue weighted by atomic mass is 10.1. The van der Waals surface area contributed by atoms with Crippen molar-refractivity contribution in [2.75, 3.05) is 0 Å². The number of hydrogen-bond donors (Lipinski definition) is 0. The molecule has 0 unspecified atom stereocenters. The highest BCUT2D eigenvalue weighted by molar-refractivity contribution is 5.97. The van der Waals surface area contributed by atoms with E-state index >= 15 is 0 Å².